The lowest BCUT2D eigenvalue weighted by molar-refractivity contribution is -0.141. The number of anilines is 1. The van der Waals surface area contributed by atoms with Crippen molar-refractivity contribution in [2.45, 2.75) is 51.6 Å². The lowest BCUT2D eigenvalue weighted by atomic mass is 10.0. The lowest BCUT2D eigenvalue weighted by Gasteiger charge is -2.32. The fraction of sp³-hybridized carbons (Fsp3) is 0.375. The van der Waals surface area contributed by atoms with Crippen molar-refractivity contribution < 1.29 is 22.7 Å². The summed E-state index contributed by atoms with van der Waals surface area (Å²) in [5.41, 5.74) is 2.02. The number of para-hydroxylation sites is 2. The molecule has 2 amide bonds. The van der Waals surface area contributed by atoms with Crippen molar-refractivity contribution in [1.82, 2.24) is 10.2 Å². The highest BCUT2D eigenvalue weighted by atomic mass is 35.5. The molecule has 1 unspecified atom stereocenters. The van der Waals surface area contributed by atoms with Crippen LogP contribution in [0.25, 0.3) is 0 Å². The summed E-state index contributed by atoms with van der Waals surface area (Å²) in [4.78, 5) is 29.1. The first-order valence-electron chi connectivity index (χ1n) is 14.2. The number of amides is 2. The Morgan fingerprint density at radius 2 is 1.63 bits per heavy atom. The van der Waals surface area contributed by atoms with E-state index in [9.17, 15) is 18.0 Å². The first kappa shape index (κ1) is 34.2. The molecule has 0 fully saturated rings. The number of sulfonamides is 1. The van der Waals surface area contributed by atoms with Gasteiger partial charge in [-0.2, -0.15) is 0 Å². The second kappa shape index (κ2) is 16.5. The number of unbranched alkanes of at least 4 members (excludes halogenated alkanes) is 1. The highest BCUT2D eigenvalue weighted by molar-refractivity contribution is 7.92. The standard InChI is InChI=1S/C32H39Cl2N3O5S/c1-4-5-19-35-32(39)29(22-24-12-7-6-8-13-24)36(23-25-17-18-26(33)27(34)21-25)31(38)16-11-20-37(43(3,40)41)28-14-9-10-15-30(28)42-2/h6-10,12-15,17-18,21,29H,4-5,11,16,19-20,22-23H2,1-3H3,(H,35,39). The zero-order valence-electron chi connectivity index (χ0n) is 24.8. The van der Waals surface area contributed by atoms with Crippen LogP contribution in [0, 0.1) is 0 Å². The van der Waals surface area contributed by atoms with Crippen molar-refractivity contribution in [3.8, 4) is 5.75 Å². The minimum atomic E-state index is -3.67. The zero-order valence-corrected chi connectivity index (χ0v) is 27.1. The van der Waals surface area contributed by atoms with Gasteiger partial charge >= 0.3 is 0 Å². The van der Waals surface area contributed by atoms with Crippen LogP contribution in [0.4, 0.5) is 5.69 Å². The Morgan fingerprint density at radius 3 is 2.28 bits per heavy atom. The number of nitrogens with one attached hydrogen (secondary N) is 1. The number of hydrogen-bond donors (Lipinski definition) is 1. The third kappa shape index (κ3) is 10.2. The summed E-state index contributed by atoms with van der Waals surface area (Å²) < 4.78 is 32.1. The molecule has 232 valence electrons. The second-order valence-corrected chi connectivity index (χ2v) is 13.0. The molecule has 3 aromatic rings. The number of carbonyl (C=O) groups excluding carboxylic acids is 2. The molecule has 0 aromatic heterocycles. The van der Waals surface area contributed by atoms with Crippen LogP contribution in [0.1, 0.15) is 43.7 Å². The maximum Gasteiger partial charge on any atom is 0.243 e. The molecule has 0 heterocycles. The highest BCUT2D eigenvalue weighted by Crippen LogP contribution is 2.30. The molecule has 0 aliphatic rings. The molecule has 0 radical (unpaired) electrons. The van der Waals surface area contributed by atoms with E-state index in [1.54, 1.807) is 47.4 Å². The first-order chi connectivity index (χ1) is 20.5. The Morgan fingerprint density at radius 1 is 0.930 bits per heavy atom. The highest BCUT2D eigenvalue weighted by Gasteiger charge is 2.31. The van der Waals surface area contributed by atoms with E-state index in [4.69, 9.17) is 27.9 Å². The summed E-state index contributed by atoms with van der Waals surface area (Å²) in [5, 5.41) is 3.73. The number of carbonyl (C=O) groups is 2. The molecule has 3 aromatic carbocycles. The van der Waals surface area contributed by atoms with Gasteiger partial charge in [0.05, 0.1) is 29.1 Å². The number of rotatable bonds is 16. The van der Waals surface area contributed by atoms with Gasteiger partial charge in [-0.25, -0.2) is 8.42 Å². The topological polar surface area (TPSA) is 96.0 Å². The van der Waals surface area contributed by atoms with Crippen molar-refractivity contribution >= 4 is 50.7 Å². The summed E-state index contributed by atoms with van der Waals surface area (Å²) >= 11 is 12.4. The molecule has 3 rings (SSSR count). The molecule has 0 aliphatic carbocycles. The van der Waals surface area contributed by atoms with Crippen LogP contribution in [0.15, 0.2) is 72.8 Å². The number of ether oxygens (including phenoxy) is 1. The van der Waals surface area contributed by atoms with E-state index >= 15 is 0 Å². The molecule has 43 heavy (non-hydrogen) atoms. The molecule has 11 heteroatoms. The van der Waals surface area contributed by atoms with E-state index in [1.807, 2.05) is 37.3 Å². The van der Waals surface area contributed by atoms with Crippen LogP contribution in [0.5, 0.6) is 5.75 Å². The quantitative estimate of drug-likeness (QED) is 0.189. The Hall–Kier alpha value is -3.27. The summed E-state index contributed by atoms with van der Waals surface area (Å²) in [7, 11) is -2.20. The Balaban J connectivity index is 1.91. The Bertz CT molecular complexity index is 1470. The Labute approximate surface area is 265 Å². The van der Waals surface area contributed by atoms with Crippen LogP contribution in [-0.2, 0) is 32.6 Å². The third-order valence-electron chi connectivity index (χ3n) is 6.94. The summed E-state index contributed by atoms with van der Waals surface area (Å²) in [5.74, 6) is -0.129. The van der Waals surface area contributed by atoms with Gasteiger partial charge in [-0.1, -0.05) is 85.1 Å². The molecule has 8 nitrogen and oxygen atoms in total. The summed E-state index contributed by atoms with van der Waals surface area (Å²) in [6.07, 6.45) is 3.39. The summed E-state index contributed by atoms with van der Waals surface area (Å²) in [6, 6.07) is 20.7. The third-order valence-corrected chi connectivity index (χ3v) is 8.86. The summed E-state index contributed by atoms with van der Waals surface area (Å²) in [6.45, 7) is 2.71. The van der Waals surface area contributed by atoms with Gasteiger partial charge in [0.15, 0.2) is 0 Å². The number of nitrogens with zero attached hydrogens (tertiary/aromatic N) is 2. The second-order valence-electron chi connectivity index (χ2n) is 10.2. The molecular weight excluding hydrogens is 609 g/mol. The maximum absolute atomic E-state index is 14.0. The average molecular weight is 649 g/mol. The first-order valence-corrected chi connectivity index (χ1v) is 16.8. The largest absolute Gasteiger partial charge is 0.495 e. The average Bonchev–Trinajstić information content (AvgIpc) is 2.98. The number of benzene rings is 3. The molecule has 0 bridgehead atoms. The lowest BCUT2D eigenvalue weighted by Crippen LogP contribution is -2.50. The van der Waals surface area contributed by atoms with Crippen LogP contribution in [0.2, 0.25) is 10.0 Å². The van der Waals surface area contributed by atoms with Crippen molar-refractivity contribution in [1.29, 1.82) is 0 Å². The van der Waals surface area contributed by atoms with Crippen molar-refractivity contribution in [3.05, 3.63) is 94.0 Å². The molecule has 1 N–H and O–H groups in total. The number of hydrogen-bond acceptors (Lipinski definition) is 5. The van der Waals surface area contributed by atoms with Gasteiger partial charge < -0.3 is 15.0 Å². The molecule has 0 saturated heterocycles. The van der Waals surface area contributed by atoms with E-state index in [0.29, 0.717) is 40.0 Å². The van der Waals surface area contributed by atoms with Crippen LogP contribution in [-0.4, -0.2) is 57.6 Å². The number of halogens is 2. The van der Waals surface area contributed by atoms with Gasteiger partial charge in [-0.15, -0.1) is 0 Å². The number of methoxy groups -OCH3 is 1. The van der Waals surface area contributed by atoms with E-state index < -0.39 is 16.1 Å². The van der Waals surface area contributed by atoms with Gasteiger partial charge in [-0.05, 0) is 48.2 Å². The molecule has 1 atom stereocenters. The van der Waals surface area contributed by atoms with Gasteiger partial charge in [0.1, 0.15) is 11.8 Å². The van der Waals surface area contributed by atoms with Crippen molar-refractivity contribution in [2.75, 3.05) is 30.8 Å². The van der Waals surface area contributed by atoms with E-state index in [1.165, 1.54) is 11.4 Å². The van der Waals surface area contributed by atoms with Gasteiger partial charge in [0.2, 0.25) is 21.8 Å². The van der Waals surface area contributed by atoms with Crippen molar-refractivity contribution in [2.24, 2.45) is 0 Å². The van der Waals surface area contributed by atoms with Gasteiger partial charge in [0, 0.05) is 32.5 Å². The van der Waals surface area contributed by atoms with Gasteiger partial charge in [-0.3, -0.25) is 13.9 Å². The van der Waals surface area contributed by atoms with Gasteiger partial charge in [0.25, 0.3) is 0 Å². The molecule has 0 saturated carbocycles. The van der Waals surface area contributed by atoms with Crippen LogP contribution < -0.4 is 14.4 Å². The SMILES string of the molecule is CCCCNC(=O)C(Cc1ccccc1)N(Cc1ccc(Cl)c(Cl)c1)C(=O)CCCN(c1ccccc1OC)S(C)(=O)=O. The molecule has 0 aliphatic heterocycles. The molecule has 0 spiro atoms. The minimum Gasteiger partial charge on any atom is -0.495 e. The van der Waals surface area contributed by atoms with E-state index in [0.717, 1.165) is 24.7 Å². The van der Waals surface area contributed by atoms with Crippen LogP contribution in [0.3, 0.4) is 0 Å². The Kier molecular flexibility index (Phi) is 13.2. The normalized spacial score (nSPS) is 11.9. The van der Waals surface area contributed by atoms with E-state index in [-0.39, 0.29) is 37.7 Å². The fourth-order valence-corrected chi connectivity index (χ4v) is 6.00. The predicted molar refractivity (Wildman–Crippen MR) is 173 cm³/mol. The monoisotopic (exact) mass is 647 g/mol. The van der Waals surface area contributed by atoms with Crippen LogP contribution >= 0.6 is 23.2 Å². The maximum atomic E-state index is 14.0. The van der Waals surface area contributed by atoms with E-state index in [2.05, 4.69) is 5.32 Å². The minimum absolute atomic E-state index is 0.00994. The fourth-order valence-electron chi connectivity index (χ4n) is 4.71. The van der Waals surface area contributed by atoms with Crippen molar-refractivity contribution in [3.63, 3.8) is 0 Å². The smallest absolute Gasteiger partial charge is 0.243 e. The predicted octanol–water partition coefficient (Wildman–Crippen LogP) is 6.10. The molecular formula is C32H39Cl2N3O5S. The zero-order chi connectivity index (χ0) is 31.4.